The molecule has 0 radical (unpaired) electrons. The van der Waals surface area contributed by atoms with Gasteiger partial charge >= 0.3 is 5.97 Å². The van der Waals surface area contributed by atoms with Crippen molar-refractivity contribution in [2.75, 3.05) is 12.4 Å². The van der Waals surface area contributed by atoms with Gasteiger partial charge in [0.1, 0.15) is 0 Å². The average Bonchev–Trinajstić information content (AvgIpc) is 2.68. The van der Waals surface area contributed by atoms with E-state index in [9.17, 15) is 9.59 Å². The predicted octanol–water partition coefficient (Wildman–Crippen LogP) is 2.05. The quantitative estimate of drug-likeness (QED) is 0.684. The molecular weight excluding hydrogens is 298 g/mol. The molecule has 1 aliphatic rings. The van der Waals surface area contributed by atoms with Gasteiger partial charge < -0.3 is 10.1 Å². The summed E-state index contributed by atoms with van der Waals surface area (Å²) in [6.45, 7) is 0. The minimum Gasteiger partial charge on any atom is -0.469 e. The number of nitrogens with one attached hydrogen (secondary N) is 1. The second kappa shape index (κ2) is 5.52. The Morgan fingerprint density at radius 1 is 1.56 bits per heavy atom. The number of carbonyl (C=O) groups is 2. The summed E-state index contributed by atoms with van der Waals surface area (Å²) in [5.41, 5.74) is 3.02. The van der Waals surface area contributed by atoms with E-state index >= 15 is 0 Å². The third-order valence-electron chi connectivity index (χ3n) is 2.87. The molecule has 1 amide bonds. The number of hydrogen-bond acceptors (Lipinski definition) is 3. The topological polar surface area (TPSA) is 55.4 Å². The monoisotopic (exact) mass is 311 g/mol. The van der Waals surface area contributed by atoms with Gasteiger partial charge in [-0.05, 0) is 23.6 Å². The van der Waals surface area contributed by atoms with E-state index in [4.69, 9.17) is 0 Å². The Balaban J connectivity index is 2.00. The molecule has 1 heterocycles. The Bertz CT molecular complexity index is 487. The number of esters is 1. The van der Waals surface area contributed by atoms with Crippen molar-refractivity contribution in [3.8, 4) is 0 Å². The first-order valence-electron chi connectivity index (χ1n) is 5.71. The van der Waals surface area contributed by atoms with Gasteiger partial charge in [-0.25, -0.2) is 0 Å². The number of amides is 1. The molecule has 1 N–H and O–H groups in total. The van der Waals surface area contributed by atoms with Gasteiger partial charge in [0.25, 0.3) is 0 Å². The Morgan fingerprint density at radius 2 is 2.33 bits per heavy atom. The van der Waals surface area contributed by atoms with Crippen LogP contribution in [0.4, 0.5) is 5.69 Å². The summed E-state index contributed by atoms with van der Waals surface area (Å²) in [5, 5.41) is 2.79. The summed E-state index contributed by atoms with van der Waals surface area (Å²) in [7, 11) is 1.38. The van der Waals surface area contributed by atoms with E-state index in [0.29, 0.717) is 12.8 Å². The van der Waals surface area contributed by atoms with Gasteiger partial charge in [-0.3, -0.25) is 9.59 Å². The molecule has 5 heteroatoms. The van der Waals surface area contributed by atoms with Crippen LogP contribution in [-0.2, 0) is 27.2 Å². The lowest BCUT2D eigenvalue weighted by molar-refractivity contribution is -0.140. The maximum atomic E-state index is 11.2. The molecule has 1 atom stereocenters. The molecule has 0 aromatic heterocycles. The molecule has 1 aromatic carbocycles. The molecule has 1 unspecified atom stereocenters. The SMILES string of the molecule is COC(=O)CC(Br)Cc1ccc2c(c1)CC(=O)N2. The van der Waals surface area contributed by atoms with Gasteiger partial charge in [0, 0.05) is 10.5 Å². The first-order chi connectivity index (χ1) is 8.58. The number of rotatable bonds is 4. The molecule has 1 aromatic rings. The standard InChI is InChI=1S/C13H14BrNO3/c1-18-13(17)7-10(14)5-8-2-3-11-9(4-8)6-12(16)15-11/h2-4,10H,5-7H2,1H3,(H,15,16). The average molecular weight is 312 g/mol. The third kappa shape index (κ3) is 3.10. The summed E-state index contributed by atoms with van der Waals surface area (Å²) >= 11 is 3.47. The van der Waals surface area contributed by atoms with Crippen LogP contribution in [0.3, 0.4) is 0 Å². The molecule has 1 aliphatic heterocycles. The van der Waals surface area contributed by atoms with E-state index in [1.165, 1.54) is 7.11 Å². The number of alkyl halides is 1. The Kier molecular flexibility index (Phi) is 4.01. The normalized spacial score (nSPS) is 14.9. The van der Waals surface area contributed by atoms with E-state index in [1.54, 1.807) is 0 Å². The lowest BCUT2D eigenvalue weighted by Crippen LogP contribution is -2.11. The Labute approximate surface area is 114 Å². The number of fused-ring (bicyclic) bond motifs is 1. The maximum absolute atomic E-state index is 11.2. The van der Waals surface area contributed by atoms with Crippen molar-refractivity contribution in [2.45, 2.75) is 24.1 Å². The minimum atomic E-state index is -0.227. The van der Waals surface area contributed by atoms with Crippen LogP contribution in [0.25, 0.3) is 0 Å². The van der Waals surface area contributed by atoms with Crippen LogP contribution in [0, 0.1) is 0 Å². The van der Waals surface area contributed by atoms with Crippen LogP contribution < -0.4 is 5.32 Å². The van der Waals surface area contributed by atoms with Gasteiger partial charge in [-0.1, -0.05) is 28.1 Å². The van der Waals surface area contributed by atoms with E-state index in [0.717, 1.165) is 23.2 Å². The minimum absolute atomic E-state index is 0.0344. The van der Waals surface area contributed by atoms with Gasteiger partial charge in [-0.15, -0.1) is 0 Å². The van der Waals surface area contributed by atoms with E-state index in [1.807, 2.05) is 18.2 Å². The van der Waals surface area contributed by atoms with Gasteiger partial charge in [0.05, 0.1) is 20.0 Å². The fourth-order valence-electron chi connectivity index (χ4n) is 2.00. The van der Waals surface area contributed by atoms with Crippen molar-refractivity contribution in [1.29, 1.82) is 0 Å². The van der Waals surface area contributed by atoms with Crippen LogP contribution in [0.2, 0.25) is 0 Å². The third-order valence-corrected chi connectivity index (χ3v) is 3.52. The first-order valence-corrected chi connectivity index (χ1v) is 6.62. The van der Waals surface area contributed by atoms with Crippen molar-refractivity contribution in [1.82, 2.24) is 0 Å². The molecule has 4 nitrogen and oxygen atoms in total. The van der Waals surface area contributed by atoms with Crippen LogP contribution in [-0.4, -0.2) is 23.8 Å². The molecule has 0 saturated carbocycles. The van der Waals surface area contributed by atoms with Crippen molar-refractivity contribution >= 4 is 33.5 Å². The Morgan fingerprint density at radius 3 is 3.06 bits per heavy atom. The smallest absolute Gasteiger partial charge is 0.306 e. The lowest BCUT2D eigenvalue weighted by atomic mass is 10.0. The second-order valence-corrected chi connectivity index (χ2v) is 5.59. The van der Waals surface area contributed by atoms with Crippen molar-refractivity contribution in [2.24, 2.45) is 0 Å². The number of carbonyl (C=O) groups excluding carboxylic acids is 2. The van der Waals surface area contributed by atoms with Crippen molar-refractivity contribution < 1.29 is 14.3 Å². The molecule has 0 fully saturated rings. The summed E-state index contributed by atoms with van der Waals surface area (Å²) < 4.78 is 4.62. The van der Waals surface area contributed by atoms with Crippen molar-refractivity contribution in [3.63, 3.8) is 0 Å². The molecule has 0 saturated heterocycles. The summed E-state index contributed by atoms with van der Waals surface area (Å²) in [6.07, 6.45) is 1.51. The van der Waals surface area contributed by atoms with Gasteiger partial charge in [0.2, 0.25) is 5.91 Å². The molecule has 18 heavy (non-hydrogen) atoms. The van der Waals surface area contributed by atoms with Crippen LogP contribution >= 0.6 is 15.9 Å². The molecular formula is C13H14BrNO3. The summed E-state index contributed by atoms with van der Waals surface area (Å²) in [4.78, 5) is 22.4. The molecule has 0 bridgehead atoms. The molecule has 0 aliphatic carbocycles. The number of anilines is 1. The number of benzene rings is 1. The van der Waals surface area contributed by atoms with Crippen LogP contribution in [0.5, 0.6) is 0 Å². The highest BCUT2D eigenvalue weighted by Crippen LogP contribution is 2.25. The largest absolute Gasteiger partial charge is 0.469 e. The molecule has 96 valence electrons. The highest BCUT2D eigenvalue weighted by atomic mass is 79.9. The van der Waals surface area contributed by atoms with Crippen LogP contribution in [0.15, 0.2) is 18.2 Å². The zero-order valence-electron chi connectivity index (χ0n) is 10.0. The van der Waals surface area contributed by atoms with E-state index < -0.39 is 0 Å². The van der Waals surface area contributed by atoms with Crippen molar-refractivity contribution in [3.05, 3.63) is 29.3 Å². The van der Waals surface area contributed by atoms with Crippen LogP contribution in [0.1, 0.15) is 17.5 Å². The lowest BCUT2D eigenvalue weighted by Gasteiger charge is -2.09. The van der Waals surface area contributed by atoms with Gasteiger partial charge in [0.15, 0.2) is 0 Å². The first kappa shape index (κ1) is 13.1. The van der Waals surface area contributed by atoms with Gasteiger partial charge in [-0.2, -0.15) is 0 Å². The molecule has 0 spiro atoms. The maximum Gasteiger partial charge on any atom is 0.306 e. The number of ether oxygens (including phenoxy) is 1. The highest BCUT2D eigenvalue weighted by Gasteiger charge is 2.18. The van der Waals surface area contributed by atoms with E-state index in [-0.39, 0.29) is 16.7 Å². The number of methoxy groups -OCH3 is 1. The number of halogens is 1. The summed E-state index contributed by atoms with van der Waals surface area (Å²) in [6, 6.07) is 5.89. The fraction of sp³-hybridized carbons (Fsp3) is 0.385. The zero-order chi connectivity index (χ0) is 13.1. The molecule has 2 rings (SSSR count). The highest BCUT2D eigenvalue weighted by molar-refractivity contribution is 9.09. The second-order valence-electron chi connectivity index (χ2n) is 4.30. The fourth-order valence-corrected chi connectivity index (χ4v) is 2.64. The predicted molar refractivity (Wildman–Crippen MR) is 71.8 cm³/mol. The number of hydrogen-bond donors (Lipinski definition) is 1. The van der Waals surface area contributed by atoms with E-state index in [2.05, 4.69) is 26.0 Å². The zero-order valence-corrected chi connectivity index (χ0v) is 11.6. The summed E-state index contributed by atoms with van der Waals surface area (Å²) in [5.74, 6) is -0.193. The Hall–Kier alpha value is -1.36.